The van der Waals surface area contributed by atoms with E-state index in [2.05, 4.69) is 5.32 Å². The zero-order chi connectivity index (χ0) is 11.9. The van der Waals surface area contributed by atoms with Crippen LogP contribution in [-0.2, 0) is 9.84 Å². The van der Waals surface area contributed by atoms with E-state index in [1.54, 1.807) is 0 Å². The van der Waals surface area contributed by atoms with Crippen LogP contribution in [0.5, 0.6) is 0 Å². The van der Waals surface area contributed by atoms with Crippen molar-refractivity contribution in [2.24, 2.45) is 5.92 Å². The zero-order valence-electron chi connectivity index (χ0n) is 9.86. The van der Waals surface area contributed by atoms with Crippen molar-refractivity contribution in [3.05, 3.63) is 0 Å². The molecule has 0 amide bonds. The van der Waals surface area contributed by atoms with Crippen molar-refractivity contribution < 1.29 is 13.5 Å². The van der Waals surface area contributed by atoms with Crippen molar-refractivity contribution in [1.29, 1.82) is 0 Å². The van der Waals surface area contributed by atoms with E-state index in [1.165, 1.54) is 6.26 Å². The minimum Gasteiger partial charge on any atom is -0.392 e. The lowest BCUT2D eigenvalue weighted by molar-refractivity contribution is 0.102. The highest BCUT2D eigenvalue weighted by atomic mass is 32.2. The first-order valence-corrected chi connectivity index (χ1v) is 7.53. The number of aliphatic hydroxyl groups is 1. The molecule has 0 aromatic rings. The van der Waals surface area contributed by atoms with Crippen molar-refractivity contribution in [2.45, 2.75) is 32.8 Å². The summed E-state index contributed by atoms with van der Waals surface area (Å²) in [4.78, 5) is 0. The minimum atomic E-state index is -2.90. The Balaban J connectivity index is 3.67. The van der Waals surface area contributed by atoms with Crippen LogP contribution >= 0.6 is 0 Å². The lowest BCUT2D eigenvalue weighted by atomic mass is 9.97. The van der Waals surface area contributed by atoms with E-state index in [1.807, 2.05) is 13.8 Å². The molecule has 0 saturated carbocycles. The SMILES string of the molecule is CCC(CC)C(O)CNCCS(C)(=O)=O. The Labute approximate surface area is 93.0 Å². The summed E-state index contributed by atoms with van der Waals surface area (Å²) in [7, 11) is -2.90. The van der Waals surface area contributed by atoms with E-state index in [0.717, 1.165) is 12.8 Å². The Morgan fingerprint density at radius 2 is 1.80 bits per heavy atom. The van der Waals surface area contributed by atoms with Gasteiger partial charge in [0.15, 0.2) is 0 Å². The molecule has 0 fully saturated rings. The van der Waals surface area contributed by atoms with Gasteiger partial charge in [-0.25, -0.2) is 8.42 Å². The summed E-state index contributed by atoms with van der Waals surface area (Å²) in [6.45, 7) is 4.99. The van der Waals surface area contributed by atoms with Crippen molar-refractivity contribution in [1.82, 2.24) is 5.32 Å². The van der Waals surface area contributed by atoms with Gasteiger partial charge in [0.1, 0.15) is 9.84 Å². The van der Waals surface area contributed by atoms with Gasteiger partial charge in [-0.2, -0.15) is 0 Å². The maximum atomic E-state index is 10.8. The van der Waals surface area contributed by atoms with Gasteiger partial charge in [-0.05, 0) is 5.92 Å². The van der Waals surface area contributed by atoms with Gasteiger partial charge in [-0.1, -0.05) is 26.7 Å². The molecule has 0 bridgehead atoms. The zero-order valence-corrected chi connectivity index (χ0v) is 10.7. The third kappa shape index (κ3) is 7.76. The molecule has 0 rings (SSSR count). The fourth-order valence-electron chi connectivity index (χ4n) is 1.51. The highest BCUT2D eigenvalue weighted by Gasteiger charge is 2.14. The minimum absolute atomic E-state index is 0.128. The summed E-state index contributed by atoms with van der Waals surface area (Å²) >= 11 is 0. The molecule has 0 saturated heterocycles. The molecule has 0 aromatic carbocycles. The number of sulfone groups is 1. The van der Waals surface area contributed by atoms with E-state index in [-0.39, 0.29) is 11.9 Å². The molecule has 0 heterocycles. The summed E-state index contributed by atoms with van der Waals surface area (Å²) in [5.41, 5.74) is 0. The van der Waals surface area contributed by atoms with E-state index >= 15 is 0 Å². The topological polar surface area (TPSA) is 66.4 Å². The van der Waals surface area contributed by atoms with Gasteiger partial charge in [0.2, 0.25) is 0 Å². The lowest BCUT2D eigenvalue weighted by Crippen LogP contribution is -2.34. The number of hydrogen-bond acceptors (Lipinski definition) is 4. The Kier molecular flexibility index (Phi) is 7.13. The largest absolute Gasteiger partial charge is 0.392 e. The maximum Gasteiger partial charge on any atom is 0.148 e. The Morgan fingerprint density at radius 1 is 1.27 bits per heavy atom. The average molecular weight is 237 g/mol. The molecule has 92 valence electrons. The van der Waals surface area contributed by atoms with Gasteiger partial charge in [0.05, 0.1) is 11.9 Å². The second-order valence-electron chi connectivity index (χ2n) is 3.98. The van der Waals surface area contributed by atoms with Gasteiger partial charge in [0.25, 0.3) is 0 Å². The second kappa shape index (κ2) is 7.19. The van der Waals surface area contributed by atoms with E-state index in [0.29, 0.717) is 19.0 Å². The van der Waals surface area contributed by atoms with Gasteiger partial charge in [0, 0.05) is 19.3 Å². The monoisotopic (exact) mass is 237 g/mol. The van der Waals surface area contributed by atoms with Crippen LogP contribution in [0.4, 0.5) is 0 Å². The number of nitrogens with one attached hydrogen (secondary N) is 1. The summed E-state index contributed by atoms with van der Waals surface area (Å²) in [6, 6.07) is 0. The summed E-state index contributed by atoms with van der Waals surface area (Å²) in [5.74, 6) is 0.429. The first-order valence-electron chi connectivity index (χ1n) is 5.47. The normalized spacial score (nSPS) is 14.5. The van der Waals surface area contributed by atoms with Crippen molar-refractivity contribution in [3.8, 4) is 0 Å². The van der Waals surface area contributed by atoms with Crippen LogP contribution in [0.15, 0.2) is 0 Å². The van der Waals surface area contributed by atoms with Gasteiger partial charge in [-0.15, -0.1) is 0 Å². The van der Waals surface area contributed by atoms with Gasteiger partial charge in [-0.3, -0.25) is 0 Å². The average Bonchev–Trinajstić information content (AvgIpc) is 2.13. The van der Waals surface area contributed by atoms with Crippen LogP contribution in [0.1, 0.15) is 26.7 Å². The standard InChI is InChI=1S/C10H23NO3S/c1-4-9(5-2)10(12)8-11-6-7-15(3,13)14/h9-12H,4-8H2,1-3H3. The third-order valence-electron chi connectivity index (χ3n) is 2.60. The maximum absolute atomic E-state index is 10.8. The first-order chi connectivity index (χ1) is 6.90. The molecule has 0 aromatic heterocycles. The molecule has 0 radical (unpaired) electrons. The third-order valence-corrected chi connectivity index (χ3v) is 3.54. The predicted octanol–water partition coefficient (Wildman–Crippen LogP) is 0.418. The number of hydrogen-bond donors (Lipinski definition) is 2. The van der Waals surface area contributed by atoms with Crippen LogP contribution in [0.3, 0.4) is 0 Å². The van der Waals surface area contributed by atoms with E-state index < -0.39 is 9.84 Å². The van der Waals surface area contributed by atoms with Crippen molar-refractivity contribution >= 4 is 9.84 Å². The molecule has 0 aliphatic carbocycles. The molecular formula is C10H23NO3S. The molecule has 15 heavy (non-hydrogen) atoms. The predicted molar refractivity (Wildman–Crippen MR) is 62.7 cm³/mol. The quantitative estimate of drug-likeness (QED) is 0.600. The van der Waals surface area contributed by atoms with Crippen LogP contribution in [-0.4, -0.2) is 44.7 Å². The van der Waals surface area contributed by atoms with Gasteiger partial charge < -0.3 is 10.4 Å². The first kappa shape index (κ1) is 14.9. The molecule has 1 unspecified atom stereocenters. The van der Waals surface area contributed by atoms with E-state index in [4.69, 9.17) is 0 Å². The Morgan fingerprint density at radius 3 is 2.20 bits per heavy atom. The number of aliphatic hydroxyl groups excluding tert-OH is 1. The van der Waals surface area contributed by atoms with E-state index in [9.17, 15) is 13.5 Å². The fraction of sp³-hybridized carbons (Fsp3) is 1.00. The molecule has 2 N–H and O–H groups in total. The molecule has 4 nitrogen and oxygen atoms in total. The van der Waals surface area contributed by atoms with Crippen LogP contribution in [0.2, 0.25) is 0 Å². The van der Waals surface area contributed by atoms with Crippen LogP contribution in [0.25, 0.3) is 0 Å². The summed E-state index contributed by atoms with van der Waals surface area (Å²) in [6.07, 6.45) is 2.74. The molecule has 0 aliphatic heterocycles. The molecule has 0 spiro atoms. The molecule has 5 heteroatoms. The van der Waals surface area contributed by atoms with Crippen molar-refractivity contribution in [2.75, 3.05) is 25.1 Å². The molecule has 1 atom stereocenters. The summed E-state index contributed by atoms with van der Waals surface area (Å²) < 4.78 is 21.6. The molecule has 0 aliphatic rings. The fourth-order valence-corrected chi connectivity index (χ4v) is 2.02. The van der Waals surface area contributed by atoms with Gasteiger partial charge >= 0.3 is 0 Å². The molecular weight excluding hydrogens is 214 g/mol. The highest BCUT2D eigenvalue weighted by molar-refractivity contribution is 7.90. The van der Waals surface area contributed by atoms with Crippen LogP contribution < -0.4 is 5.32 Å². The lowest BCUT2D eigenvalue weighted by Gasteiger charge is -2.20. The highest BCUT2D eigenvalue weighted by Crippen LogP contribution is 2.11. The smallest absolute Gasteiger partial charge is 0.148 e. The Hall–Kier alpha value is -0.130. The number of rotatable bonds is 8. The Bertz CT molecular complexity index is 247. The second-order valence-corrected chi connectivity index (χ2v) is 6.24. The van der Waals surface area contributed by atoms with Crippen LogP contribution in [0, 0.1) is 5.92 Å². The van der Waals surface area contributed by atoms with Crippen molar-refractivity contribution in [3.63, 3.8) is 0 Å². The summed E-state index contributed by atoms with van der Waals surface area (Å²) in [5, 5.41) is 12.7.